The Morgan fingerprint density at radius 1 is 1.09 bits per heavy atom. The highest BCUT2D eigenvalue weighted by Gasteiger charge is 2.30. The molecule has 0 aromatic heterocycles. The number of piperazine rings is 1. The maximum Gasteiger partial charge on any atom is 0.246 e. The largest absolute Gasteiger partial charge is 0.301 e. The monoisotopic (exact) mass is 332 g/mol. The van der Waals surface area contributed by atoms with E-state index in [1.807, 2.05) is 0 Å². The van der Waals surface area contributed by atoms with E-state index in [4.69, 9.17) is 0 Å². The summed E-state index contributed by atoms with van der Waals surface area (Å²) >= 11 is 0. The predicted molar refractivity (Wildman–Crippen MR) is 81.1 cm³/mol. The molecule has 1 aromatic rings. The van der Waals surface area contributed by atoms with Crippen LogP contribution in [0.15, 0.2) is 23.1 Å². The van der Waals surface area contributed by atoms with Crippen molar-refractivity contribution in [3.05, 3.63) is 29.8 Å². The maximum atomic E-state index is 13.7. The number of hydrogen-bond donors (Lipinski definition) is 0. The van der Waals surface area contributed by atoms with Gasteiger partial charge in [-0.05, 0) is 25.1 Å². The lowest BCUT2D eigenvalue weighted by atomic mass is 10.2. The van der Waals surface area contributed by atoms with Crippen molar-refractivity contribution in [3.8, 4) is 0 Å². The Labute approximate surface area is 130 Å². The zero-order chi connectivity index (χ0) is 16.2. The van der Waals surface area contributed by atoms with Gasteiger partial charge >= 0.3 is 0 Å². The Morgan fingerprint density at radius 2 is 1.77 bits per heavy atom. The molecule has 4 nitrogen and oxygen atoms in total. The van der Waals surface area contributed by atoms with Crippen LogP contribution in [0.3, 0.4) is 0 Å². The molecule has 0 unspecified atom stereocenters. The van der Waals surface area contributed by atoms with E-state index < -0.39 is 26.6 Å². The van der Waals surface area contributed by atoms with Crippen LogP contribution in [0.2, 0.25) is 0 Å². The van der Waals surface area contributed by atoms with Crippen molar-refractivity contribution in [1.29, 1.82) is 0 Å². The first-order valence-corrected chi connectivity index (χ1v) is 9.06. The molecule has 0 radical (unpaired) electrons. The molecule has 1 aliphatic rings. The van der Waals surface area contributed by atoms with Crippen LogP contribution in [0.25, 0.3) is 0 Å². The standard InChI is InChI=1S/C15H22F2N2O2S/c1-2-3-4-7-18-8-10-19(11-9-18)22(20,21)15-6-5-13(16)12-14(15)17/h5-6,12H,2-4,7-11H2,1H3. The molecule has 0 aliphatic carbocycles. The number of unbranched alkanes of at least 4 members (excludes halogenated alkanes) is 2. The third-order valence-electron chi connectivity index (χ3n) is 3.92. The lowest BCUT2D eigenvalue weighted by Gasteiger charge is -2.34. The van der Waals surface area contributed by atoms with E-state index in [0.29, 0.717) is 32.2 Å². The minimum absolute atomic E-state index is 0.339. The molecule has 0 amide bonds. The van der Waals surface area contributed by atoms with Crippen LogP contribution in [0.4, 0.5) is 8.78 Å². The molecule has 1 aliphatic heterocycles. The summed E-state index contributed by atoms with van der Waals surface area (Å²) in [6.07, 6.45) is 3.42. The van der Waals surface area contributed by atoms with E-state index in [-0.39, 0.29) is 0 Å². The summed E-state index contributed by atoms with van der Waals surface area (Å²) < 4.78 is 52.8. The summed E-state index contributed by atoms with van der Waals surface area (Å²) in [6.45, 7) is 5.07. The fourth-order valence-electron chi connectivity index (χ4n) is 2.60. The van der Waals surface area contributed by atoms with Gasteiger partial charge in [-0.1, -0.05) is 19.8 Å². The molecule has 0 bridgehead atoms. The minimum Gasteiger partial charge on any atom is -0.301 e. The van der Waals surface area contributed by atoms with Gasteiger partial charge in [-0.25, -0.2) is 17.2 Å². The maximum absolute atomic E-state index is 13.7. The summed E-state index contributed by atoms with van der Waals surface area (Å²) in [7, 11) is -3.89. The Balaban J connectivity index is 2.00. The Kier molecular flexibility index (Phi) is 5.88. The van der Waals surface area contributed by atoms with Gasteiger partial charge in [0.05, 0.1) is 0 Å². The number of nitrogens with zero attached hydrogens (tertiary/aromatic N) is 2. The van der Waals surface area contributed by atoms with E-state index in [1.165, 1.54) is 10.7 Å². The topological polar surface area (TPSA) is 40.6 Å². The van der Waals surface area contributed by atoms with E-state index in [2.05, 4.69) is 11.8 Å². The second kappa shape index (κ2) is 7.48. The minimum atomic E-state index is -3.89. The number of halogens is 2. The molecule has 124 valence electrons. The number of sulfonamides is 1. The van der Waals surface area contributed by atoms with Gasteiger partial charge in [0.2, 0.25) is 10.0 Å². The first kappa shape index (κ1) is 17.3. The zero-order valence-corrected chi connectivity index (χ0v) is 13.6. The van der Waals surface area contributed by atoms with E-state index >= 15 is 0 Å². The van der Waals surface area contributed by atoms with E-state index in [1.54, 1.807) is 0 Å². The second-order valence-corrected chi connectivity index (χ2v) is 7.43. The van der Waals surface area contributed by atoms with Gasteiger partial charge in [-0.15, -0.1) is 0 Å². The zero-order valence-electron chi connectivity index (χ0n) is 12.8. The first-order chi connectivity index (χ1) is 10.4. The third-order valence-corrected chi connectivity index (χ3v) is 5.85. The first-order valence-electron chi connectivity index (χ1n) is 7.62. The average molecular weight is 332 g/mol. The number of rotatable bonds is 6. The highest BCUT2D eigenvalue weighted by Crippen LogP contribution is 2.21. The predicted octanol–water partition coefficient (Wildman–Crippen LogP) is 2.46. The highest BCUT2D eigenvalue weighted by atomic mass is 32.2. The van der Waals surface area contributed by atoms with Gasteiger partial charge in [0, 0.05) is 32.2 Å². The lowest BCUT2D eigenvalue weighted by Crippen LogP contribution is -2.48. The summed E-state index contributed by atoms with van der Waals surface area (Å²) in [5, 5.41) is 0. The van der Waals surface area contributed by atoms with Crippen LogP contribution in [0, 0.1) is 11.6 Å². The van der Waals surface area contributed by atoms with Crippen molar-refractivity contribution in [3.63, 3.8) is 0 Å². The molecule has 0 saturated carbocycles. The Hall–Kier alpha value is -1.05. The van der Waals surface area contributed by atoms with Gasteiger partial charge in [0.1, 0.15) is 16.5 Å². The van der Waals surface area contributed by atoms with Crippen LogP contribution in [-0.4, -0.2) is 50.3 Å². The molecule has 0 N–H and O–H groups in total. The number of hydrogen-bond acceptors (Lipinski definition) is 3. The van der Waals surface area contributed by atoms with Gasteiger partial charge in [0.15, 0.2) is 0 Å². The van der Waals surface area contributed by atoms with Crippen LogP contribution in [0.1, 0.15) is 26.2 Å². The smallest absolute Gasteiger partial charge is 0.246 e. The number of benzene rings is 1. The SMILES string of the molecule is CCCCCN1CCN(S(=O)(=O)c2ccc(F)cc2F)CC1. The van der Waals surface area contributed by atoms with Gasteiger partial charge < -0.3 is 4.90 Å². The molecule has 2 rings (SSSR count). The summed E-state index contributed by atoms with van der Waals surface area (Å²) in [5.74, 6) is -1.82. The Morgan fingerprint density at radius 3 is 2.36 bits per heavy atom. The summed E-state index contributed by atoms with van der Waals surface area (Å²) in [5.41, 5.74) is 0. The molecule has 0 spiro atoms. The van der Waals surface area contributed by atoms with Crippen LogP contribution >= 0.6 is 0 Å². The fourth-order valence-corrected chi connectivity index (χ4v) is 4.07. The summed E-state index contributed by atoms with van der Waals surface area (Å²) in [6, 6.07) is 2.57. The fraction of sp³-hybridized carbons (Fsp3) is 0.600. The summed E-state index contributed by atoms with van der Waals surface area (Å²) in [4.78, 5) is 1.77. The van der Waals surface area contributed by atoms with Crippen LogP contribution in [-0.2, 0) is 10.0 Å². The van der Waals surface area contributed by atoms with Crippen molar-refractivity contribution in [2.24, 2.45) is 0 Å². The Bertz CT molecular complexity index is 600. The normalized spacial score (nSPS) is 17.8. The lowest BCUT2D eigenvalue weighted by molar-refractivity contribution is 0.185. The van der Waals surface area contributed by atoms with Crippen molar-refractivity contribution in [2.45, 2.75) is 31.1 Å². The molecular weight excluding hydrogens is 310 g/mol. The molecule has 0 atom stereocenters. The van der Waals surface area contributed by atoms with Crippen LogP contribution < -0.4 is 0 Å². The molecule has 1 fully saturated rings. The van der Waals surface area contributed by atoms with Crippen molar-refractivity contribution >= 4 is 10.0 Å². The van der Waals surface area contributed by atoms with Gasteiger partial charge in [-0.2, -0.15) is 4.31 Å². The van der Waals surface area contributed by atoms with Gasteiger partial charge in [-0.3, -0.25) is 0 Å². The molecular formula is C15H22F2N2O2S. The second-order valence-electron chi connectivity index (χ2n) is 5.53. The molecule has 7 heteroatoms. The van der Waals surface area contributed by atoms with Crippen LogP contribution in [0.5, 0.6) is 0 Å². The molecule has 1 heterocycles. The van der Waals surface area contributed by atoms with Crippen molar-refractivity contribution < 1.29 is 17.2 Å². The molecule has 1 aromatic carbocycles. The quantitative estimate of drug-likeness (QED) is 0.752. The van der Waals surface area contributed by atoms with Gasteiger partial charge in [0.25, 0.3) is 0 Å². The molecule has 22 heavy (non-hydrogen) atoms. The van der Waals surface area contributed by atoms with E-state index in [9.17, 15) is 17.2 Å². The molecule has 1 saturated heterocycles. The highest BCUT2D eigenvalue weighted by molar-refractivity contribution is 7.89. The third kappa shape index (κ3) is 4.02. The van der Waals surface area contributed by atoms with Crippen molar-refractivity contribution in [1.82, 2.24) is 9.21 Å². The average Bonchev–Trinajstić information content (AvgIpc) is 2.47. The van der Waals surface area contributed by atoms with E-state index in [0.717, 1.165) is 31.5 Å². The van der Waals surface area contributed by atoms with Crippen molar-refractivity contribution in [2.75, 3.05) is 32.7 Å².